The number of benzodiazepines with no additional fused rings is 1. The van der Waals surface area contributed by atoms with Gasteiger partial charge in [0.05, 0.1) is 29.4 Å². The van der Waals surface area contributed by atoms with Crippen LogP contribution in [-0.2, 0) is 10.0 Å². The van der Waals surface area contributed by atoms with Crippen molar-refractivity contribution in [2.45, 2.75) is 11.8 Å². The molecule has 0 spiro atoms. The molecule has 0 aliphatic carbocycles. The van der Waals surface area contributed by atoms with Gasteiger partial charge in [0.2, 0.25) is 0 Å². The van der Waals surface area contributed by atoms with E-state index in [1.54, 1.807) is 42.5 Å². The zero-order valence-electron chi connectivity index (χ0n) is 15.3. The third kappa shape index (κ3) is 3.43. The normalized spacial score (nSPS) is 14.2. The summed E-state index contributed by atoms with van der Waals surface area (Å²) in [4.78, 5) is 4.97. The van der Waals surface area contributed by atoms with Crippen molar-refractivity contribution in [3.8, 4) is 0 Å². The molecular formula is C22H19ClN2O2S. The molecule has 3 aromatic carbocycles. The topological polar surface area (TPSA) is 49.7 Å². The van der Waals surface area contributed by atoms with E-state index < -0.39 is 10.0 Å². The highest BCUT2D eigenvalue weighted by Gasteiger charge is 2.29. The molecule has 4 rings (SSSR count). The molecule has 0 saturated carbocycles. The Bertz CT molecular complexity index is 1140. The van der Waals surface area contributed by atoms with Crippen LogP contribution in [0.3, 0.4) is 0 Å². The van der Waals surface area contributed by atoms with Crippen LogP contribution in [0.15, 0.2) is 82.7 Å². The molecule has 0 atom stereocenters. The van der Waals surface area contributed by atoms with E-state index in [9.17, 15) is 8.42 Å². The minimum absolute atomic E-state index is 0.265. The number of nitrogens with zero attached hydrogens (tertiary/aromatic N) is 2. The Labute approximate surface area is 170 Å². The van der Waals surface area contributed by atoms with E-state index in [2.05, 4.69) is 0 Å². The average Bonchev–Trinajstić information content (AvgIpc) is 2.88. The van der Waals surface area contributed by atoms with Gasteiger partial charge in [0.25, 0.3) is 10.0 Å². The van der Waals surface area contributed by atoms with E-state index in [-0.39, 0.29) is 11.4 Å². The molecule has 6 heteroatoms. The van der Waals surface area contributed by atoms with Crippen LogP contribution in [0.25, 0.3) is 0 Å². The quantitative estimate of drug-likeness (QED) is 0.628. The lowest BCUT2D eigenvalue weighted by Crippen LogP contribution is -2.33. The second-order valence-electron chi connectivity index (χ2n) is 6.65. The first-order valence-corrected chi connectivity index (χ1v) is 10.8. The Morgan fingerprint density at radius 2 is 1.68 bits per heavy atom. The second-order valence-corrected chi connectivity index (χ2v) is 8.95. The van der Waals surface area contributed by atoms with E-state index in [1.807, 2.05) is 37.3 Å². The summed E-state index contributed by atoms with van der Waals surface area (Å²) in [6.45, 7) is 2.56. The number of sulfonamides is 1. The van der Waals surface area contributed by atoms with Crippen LogP contribution in [0.4, 0.5) is 5.69 Å². The van der Waals surface area contributed by atoms with E-state index in [1.165, 1.54) is 4.31 Å². The SMILES string of the molecule is Cc1ccc(S(=O)(=O)N2CCN=C(c3ccccc3)c3cc(Cl)ccc32)cc1. The fourth-order valence-electron chi connectivity index (χ4n) is 3.30. The number of hydrogen-bond donors (Lipinski definition) is 0. The fraction of sp³-hybridized carbons (Fsp3) is 0.136. The van der Waals surface area contributed by atoms with Gasteiger partial charge in [-0.3, -0.25) is 9.30 Å². The lowest BCUT2D eigenvalue weighted by molar-refractivity contribution is 0.591. The maximum Gasteiger partial charge on any atom is 0.264 e. The summed E-state index contributed by atoms with van der Waals surface area (Å²) in [6, 6.07) is 21.9. The minimum Gasteiger partial charge on any atom is -0.282 e. The Hall–Kier alpha value is -2.63. The Morgan fingerprint density at radius 3 is 2.39 bits per heavy atom. The first-order chi connectivity index (χ1) is 13.5. The number of aliphatic imine (C=N–C) groups is 1. The number of anilines is 1. The van der Waals surface area contributed by atoms with Crippen LogP contribution in [0.5, 0.6) is 0 Å². The Balaban J connectivity index is 1.87. The summed E-state index contributed by atoms with van der Waals surface area (Å²) in [7, 11) is -3.72. The predicted octanol–water partition coefficient (Wildman–Crippen LogP) is 4.69. The number of benzene rings is 3. The van der Waals surface area contributed by atoms with Crippen molar-refractivity contribution in [3.05, 3.63) is 94.5 Å². The Morgan fingerprint density at radius 1 is 0.964 bits per heavy atom. The van der Waals surface area contributed by atoms with Crippen molar-refractivity contribution in [1.29, 1.82) is 0 Å². The number of hydrogen-bond acceptors (Lipinski definition) is 3. The van der Waals surface area contributed by atoms with Crippen LogP contribution < -0.4 is 4.31 Å². The van der Waals surface area contributed by atoms with E-state index >= 15 is 0 Å². The van der Waals surface area contributed by atoms with Crippen LogP contribution in [0.2, 0.25) is 5.02 Å². The van der Waals surface area contributed by atoms with Gasteiger partial charge in [-0.15, -0.1) is 0 Å². The molecular weight excluding hydrogens is 392 g/mol. The smallest absolute Gasteiger partial charge is 0.264 e. The lowest BCUT2D eigenvalue weighted by atomic mass is 10.0. The summed E-state index contributed by atoms with van der Waals surface area (Å²) in [5, 5.41) is 0.539. The van der Waals surface area contributed by atoms with Gasteiger partial charge in [-0.2, -0.15) is 0 Å². The van der Waals surface area contributed by atoms with Gasteiger partial charge >= 0.3 is 0 Å². The monoisotopic (exact) mass is 410 g/mol. The van der Waals surface area contributed by atoms with Crippen molar-refractivity contribution < 1.29 is 8.42 Å². The molecule has 1 aliphatic rings. The molecule has 28 heavy (non-hydrogen) atoms. The van der Waals surface area contributed by atoms with Gasteiger partial charge in [0.1, 0.15) is 0 Å². The molecule has 0 radical (unpaired) electrons. The first-order valence-electron chi connectivity index (χ1n) is 8.96. The summed E-state index contributed by atoms with van der Waals surface area (Å²) in [6.07, 6.45) is 0. The standard InChI is InChI=1S/C22H19ClN2O2S/c1-16-7-10-19(11-8-16)28(26,27)25-14-13-24-22(17-5-3-2-4-6-17)20-15-18(23)9-12-21(20)25/h2-12,15H,13-14H2,1H3. The van der Waals surface area contributed by atoms with E-state index in [0.29, 0.717) is 22.8 Å². The first kappa shape index (κ1) is 18.7. The maximum atomic E-state index is 13.4. The zero-order valence-corrected chi connectivity index (χ0v) is 16.9. The molecule has 0 bridgehead atoms. The predicted molar refractivity (Wildman–Crippen MR) is 114 cm³/mol. The van der Waals surface area contributed by atoms with Crippen LogP contribution in [0.1, 0.15) is 16.7 Å². The van der Waals surface area contributed by atoms with Crippen LogP contribution >= 0.6 is 11.6 Å². The second kappa shape index (κ2) is 7.41. The van der Waals surface area contributed by atoms with Crippen molar-refractivity contribution in [2.24, 2.45) is 4.99 Å². The van der Waals surface area contributed by atoms with Crippen LogP contribution in [0, 0.1) is 6.92 Å². The van der Waals surface area contributed by atoms with Crippen LogP contribution in [-0.4, -0.2) is 27.2 Å². The minimum atomic E-state index is -3.72. The molecule has 1 aliphatic heterocycles. The highest BCUT2D eigenvalue weighted by Crippen LogP contribution is 2.33. The average molecular weight is 411 g/mol. The highest BCUT2D eigenvalue weighted by molar-refractivity contribution is 7.92. The lowest BCUT2D eigenvalue weighted by Gasteiger charge is -2.24. The molecule has 0 saturated heterocycles. The molecule has 0 aromatic heterocycles. The molecule has 0 fully saturated rings. The third-order valence-electron chi connectivity index (χ3n) is 4.71. The molecule has 0 N–H and O–H groups in total. The number of aryl methyl sites for hydroxylation is 1. The van der Waals surface area contributed by atoms with Crippen molar-refractivity contribution >= 4 is 33.0 Å². The van der Waals surface area contributed by atoms with Crippen molar-refractivity contribution in [1.82, 2.24) is 0 Å². The van der Waals surface area contributed by atoms with E-state index in [4.69, 9.17) is 16.6 Å². The Kier molecular flexibility index (Phi) is 4.96. The summed E-state index contributed by atoms with van der Waals surface area (Å²) in [5.41, 5.74) is 3.99. The van der Waals surface area contributed by atoms with Gasteiger partial charge in [-0.05, 0) is 37.3 Å². The van der Waals surface area contributed by atoms with Gasteiger partial charge in [0, 0.05) is 16.1 Å². The molecule has 4 nitrogen and oxygen atoms in total. The maximum absolute atomic E-state index is 13.4. The van der Waals surface area contributed by atoms with Crippen molar-refractivity contribution in [3.63, 3.8) is 0 Å². The molecule has 3 aromatic rings. The number of halogens is 1. The molecule has 0 unspecified atom stereocenters. The van der Waals surface area contributed by atoms with Gasteiger partial charge < -0.3 is 0 Å². The summed E-state index contributed by atoms with van der Waals surface area (Å²) < 4.78 is 28.2. The zero-order chi connectivity index (χ0) is 19.7. The van der Waals surface area contributed by atoms with E-state index in [0.717, 1.165) is 16.8 Å². The summed E-state index contributed by atoms with van der Waals surface area (Å²) in [5.74, 6) is 0. The van der Waals surface area contributed by atoms with Gasteiger partial charge in [-0.1, -0.05) is 59.6 Å². The number of fused-ring (bicyclic) bond motifs is 1. The van der Waals surface area contributed by atoms with Gasteiger partial charge in [0.15, 0.2) is 0 Å². The largest absolute Gasteiger partial charge is 0.282 e. The number of rotatable bonds is 3. The third-order valence-corrected chi connectivity index (χ3v) is 6.77. The fourth-order valence-corrected chi connectivity index (χ4v) is 4.95. The van der Waals surface area contributed by atoms with Crippen molar-refractivity contribution in [2.75, 3.05) is 17.4 Å². The molecule has 0 amide bonds. The highest BCUT2D eigenvalue weighted by atomic mass is 35.5. The van der Waals surface area contributed by atoms with Gasteiger partial charge in [-0.25, -0.2) is 8.42 Å². The summed E-state index contributed by atoms with van der Waals surface area (Å²) >= 11 is 6.26. The molecule has 1 heterocycles. The molecule has 142 valence electrons.